The minimum atomic E-state index is -1.63. The molecule has 0 rings (SSSR count). The van der Waals surface area contributed by atoms with Gasteiger partial charge >= 0.3 is 17.8 Å². The molecule has 10 nitrogen and oxygen atoms in total. The monoisotopic (exact) mass is 336 g/mol. The zero-order valence-corrected chi connectivity index (χ0v) is 12.4. The van der Waals surface area contributed by atoms with Crippen LogP contribution in [0.3, 0.4) is 0 Å². The van der Waals surface area contributed by atoms with Crippen molar-refractivity contribution in [1.29, 1.82) is 0 Å². The second kappa shape index (κ2) is 10.1. The molecule has 10 heteroatoms. The Kier molecular flexibility index (Phi) is 8.59. The molecule has 0 radical (unpaired) electrons. The van der Waals surface area contributed by atoms with Crippen LogP contribution in [0.1, 0.15) is 19.8 Å². The Morgan fingerprint density at radius 3 is 1.96 bits per heavy atom. The summed E-state index contributed by atoms with van der Waals surface area (Å²) in [5.74, 6) is -0.166. The van der Waals surface area contributed by atoms with Gasteiger partial charge in [0.1, 0.15) is 6.54 Å². The largest absolute Gasteiger partial charge is 0.472 e. The van der Waals surface area contributed by atoms with Crippen molar-refractivity contribution >= 4 is 35.9 Å². The standard InChI is InChI=1S/C14H12N2O8/c1-2-3-11(19)16(12(20)5-7-14(23)24)15(9-17)8-10(18)4-6-13(21)22/h9H,2-3,8H2,1H3,(H,21,22)(H,23,24). The first-order valence-electron chi connectivity index (χ1n) is 6.34. The molecule has 0 bridgehead atoms. The van der Waals surface area contributed by atoms with Gasteiger partial charge in [-0.25, -0.2) is 14.6 Å². The predicted octanol–water partition coefficient (Wildman–Crippen LogP) is -1.74. The van der Waals surface area contributed by atoms with Gasteiger partial charge in [0.05, 0.1) is 0 Å². The molecule has 0 saturated carbocycles. The van der Waals surface area contributed by atoms with Gasteiger partial charge in [-0.2, -0.15) is 5.01 Å². The maximum atomic E-state index is 11.9. The van der Waals surface area contributed by atoms with Gasteiger partial charge in [0.25, 0.3) is 0 Å². The van der Waals surface area contributed by atoms with E-state index >= 15 is 0 Å². The molecule has 24 heavy (non-hydrogen) atoms. The van der Waals surface area contributed by atoms with Crippen molar-refractivity contribution in [3.63, 3.8) is 0 Å². The van der Waals surface area contributed by atoms with Gasteiger partial charge in [-0.1, -0.05) is 6.92 Å². The molecule has 0 aliphatic heterocycles. The molecule has 0 heterocycles. The molecule has 0 fully saturated rings. The summed E-state index contributed by atoms with van der Waals surface area (Å²) in [6.45, 7) is 0.720. The maximum absolute atomic E-state index is 11.9. The van der Waals surface area contributed by atoms with E-state index in [9.17, 15) is 28.8 Å². The minimum Gasteiger partial charge on any atom is -0.472 e. The number of aliphatic carboxylic acids is 2. The summed E-state index contributed by atoms with van der Waals surface area (Å²) < 4.78 is 0. The van der Waals surface area contributed by atoms with Crippen LogP contribution >= 0.6 is 0 Å². The van der Waals surface area contributed by atoms with Gasteiger partial charge in [-0.05, 0) is 12.3 Å². The van der Waals surface area contributed by atoms with Gasteiger partial charge in [-0.15, -0.1) is 0 Å². The van der Waals surface area contributed by atoms with Crippen LogP contribution in [0, 0.1) is 23.7 Å². The van der Waals surface area contributed by atoms with Crippen molar-refractivity contribution in [2.45, 2.75) is 19.8 Å². The van der Waals surface area contributed by atoms with E-state index in [1.807, 2.05) is 0 Å². The number of carboxylic acid groups (broad SMARTS) is 2. The van der Waals surface area contributed by atoms with Crippen LogP contribution in [-0.4, -0.2) is 62.7 Å². The van der Waals surface area contributed by atoms with E-state index in [1.54, 1.807) is 18.8 Å². The third-order valence-electron chi connectivity index (χ3n) is 2.16. The molecular weight excluding hydrogens is 324 g/mol. The van der Waals surface area contributed by atoms with Crippen molar-refractivity contribution in [2.75, 3.05) is 6.54 Å². The third-order valence-corrected chi connectivity index (χ3v) is 2.16. The Labute approximate surface area is 136 Å². The molecule has 0 aromatic rings. The lowest BCUT2D eigenvalue weighted by Gasteiger charge is -2.27. The molecule has 0 aromatic heterocycles. The number of rotatable bonds is 6. The first kappa shape index (κ1) is 20.3. The highest BCUT2D eigenvalue weighted by molar-refractivity contribution is 6.08. The van der Waals surface area contributed by atoms with Crippen LogP contribution in [0.25, 0.3) is 0 Å². The summed E-state index contributed by atoms with van der Waals surface area (Å²) >= 11 is 0. The van der Waals surface area contributed by atoms with Crippen molar-refractivity contribution in [3.05, 3.63) is 0 Å². The van der Waals surface area contributed by atoms with E-state index in [0.29, 0.717) is 11.4 Å². The lowest BCUT2D eigenvalue weighted by molar-refractivity contribution is -0.165. The number of hydrazine groups is 1. The summed E-state index contributed by atoms with van der Waals surface area (Å²) in [6, 6.07) is 0. The van der Waals surface area contributed by atoms with Gasteiger partial charge in [0.2, 0.25) is 18.1 Å². The SMILES string of the molecule is CCCC(=O)N(C(=O)C#CC(=O)O)N(C=O)CC(=O)C#CC(=O)O. The van der Waals surface area contributed by atoms with E-state index < -0.39 is 36.1 Å². The van der Waals surface area contributed by atoms with Crippen LogP contribution in [-0.2, 0) is 28.8 Å². The number of hydrogen-bond donors (Lipinski definition) is 2. The van der Waals surface area contributed by atoms with Crippen LogP contribution < -0.4 is 0 Å². The zero-order valence-electron chi connectivity index (χ0n) is 12.4. The topological polar surface area (TPSA) is 149 Å². The van der Waals surface area contributed by atoms with Gasteiger partial charge in [0.15, 0.2) is 0 Å². The highest BCUT2D eigenvalue weighted by Gasteiger charge is 2.27. The second-order valence-corrected chi connectivity index (χ2v) is 4.00. The Balaban J connectivity index is 5.51. The fraction of sp³-hybridized carbons (Fsp3) is 0.286. The molecule has 126 valence electrons. The predicted molar refractivity (Wildman–Crippen MR) is 75.4 cm³/mol. The molecule has 3 amide bonds. The van der Waals surface area contributed by atoms with E-state index in [1.165, 1.54) is 11.8 Å². The average Bonchev–Trinajstić information content (AvgIpc) is 2.50. The number of ketones is 1. The fourth-order valence-corrected chi connectivity index (χ4v) is 1.32. The number of hydrogen-bond acceptors (Lipinski definition) is 6. The summed E-state index contributed by atoms with van der Waals surface area (Å²) in [7, 11) is 0. The van der Waals surface area contributed by atoms with Crippen molar-refractivity contribution in [1.82, 2.24) is 10.0 Å². The Bertz CT molecular complexity index is 689. The minimum absolute atomic E-state index is 0.0335. The Morgan fingerprint density at radius 1 is 0.958 bits per heavy atom. The molecule has 2 N–H and O–H groups in total. The third kappa shape index (κ3) is 7.38. The number of carbonyl (C=O) groups is 6. The van der Waals surface area contributed by atoms with E-state index in [0.717, 1.165) is 0 Å². The van der Waals surface area contributed by atoms with Crippen LogP contribution in [0.4, 0.5) is 0 Å². The summed E-state index contributed by atoms with van der Waals surface area (Å²) in [4.78, 5) is 66.9. The lowest BCUT2D eigenvalue weighted by Crippen LogP contribution is -2.50. The van der Waals surface area contributed by atoms with Gasteiger partial charge in [0, 0.05) is 24.2 Å². The van der Waals surface area contributed by atoms with Crippen LogP contribution in [0.5, 0.6) is 0 Å². The Hall–Kier alpha value is -3.66. The first-order valence-corrected chi connectivity index (χ1v) is 6.34. The maximum Gasteiger partial charge on any atom is 0.382 e. The number of imide groups is 1. The quantitative estimate of drug-likeness (QED) is 0.251. The van der Waals surface area contributed by atoms with E-state index in [2.05, 4.69) is 0 Å². The first-order chi connectivity index (χ1) is 11.2. The lowest BCUT2D eigenvalue weighted by atomic mass is 10.3. The van der Waals surface area contributed by atoms with Gasteiger partial charge in [-0.3, -0.25) is 19.2 Å². The molecule has 0 spiro atoms. The number of nitrogens with zero attached hydrogens (tertiary/aromatic N) is 2. The van der Waals surface area contributed by atoms with Crippen molar-refractivity contribution < 1.29 is 39.0 Å². The number of amides is 3. The summed E-state index contributed by atoms with van der Waals surface area (Å²) in [5.41, 5.74) is 0. The summed E-state index contributed by atoms with van der Waals surface area (Å²) in [6.07, 6.45) is 0.0858. The zero-order chi connectivity index (χ0) is 18.7. The van der Waals surface area contributed by atoms with Crippen LogP contribution in [0.15, 0.2) is 0 Å². The number of carbonyl (C=O) groups excluding carboxylic acids is 4. The summed E-state index contributed by atoms with van der Waals surface area (Å²) in [5, 5.41) is 17.3. The molecule has 0 aliphatic rings. The van der Waals surface area contributed by atoms with Crippen molar-refractivity contribution in [3.8, 4) is 23.7 Å². The second-order valence-electron chi connectivity index (χ2n) is 4.00. The smallest absolute Gasteiger partial charge is 0.382 e. The van der Waals surface area contributed by atoms with Crippen molar-refractivity contribution in [2.24, 2.45) is 0 Å². The highest BCUT2D eigenvalue weighted by Crippen LogP contribution is 2.03. The molecule has 0 aliphatic carbocycles. The molecule has 0 unspecified atom stereocenters. The Morgan fingerprint density at radius 2 is 1.50 bits per heavy atom. The normalized spacial score (nSPS) is 8.54. The molecule has 0 aromatic carbocycles. The number of carboxylic acids is 2. The fourth-order valence-electron chi connectivity index (χ4n) is 1.32. The van der Waals surface area contributed by atoms with E-state index in [4.69, 9.17) is 10.2 Å². The average molecular weight is 336 g/mol. The highest BCUT2D eigenvalue weighted by atomic mass is 16.4. The molecule has 0 atom stereocenters. The van der Waals surface area contributed by atoms with Gasteiger partial charge < -0.3 is 10.2 Å². The molecule has 0 saturated heterocycles. The van der Waals surface area contributed by atoms with E-state index in [-0.39, 0.29) is 17.8 Å². The molecular formula is C14H12N2O8. The van der Waals surface area contributed by atoms with Crippen LogP contribution in [0.2, 0.25) is 0 Å². The number of Topliss-reactive ketones (excluding diaryl/α,β-unsaturated/α-hetero) is 1.